The lowest BCUT2D eigenvalue weighted by Gasteiger charge is -2.11. The largest absolute Gasteiger partial charge is 0.280 e. The molecule has 0 saturated heterocycles. The highest BCUT2D eigenvalue weighted by molar-refractivity contribution is 6.33. The minimum Gasteiger partial charge on any atom is -0.267 e. The first-order valence-corrected chi connectivity index (χ1v) is 7.43. The quantitative estimate of drug-likeness (QED) is 0.728. The number of hydrogen-bond donors (Lipinski definition) is 0. The molecule has 0 aliphatic carbocycles. The first-order chi connectivity index (χ1) is 10.5. The highest BCUT2D eigenvalue weighted by Gasteiger charge is 2.28. The fraction of sp³-hybridized carbons (Fsp3) is 0.0588. The molecule has 1 aliphatic rings. The summed E-state index contributed by atoms with van der Waals surface area (Å²) in [6, 6.07) is 14.3. The molecule has 5 heteroatoms. The van der Waals surface area contributed by atoms with Gasteiger partial charge in [0.25, 0.3) is 5.91 Å². The average molecular weight is 331 g/mol. The summed E-state index contributed by atoms with van der Waals surface area (Å²) in [6.07, 6.45) is 1.81. The SMILES string of the molecule is CC1=NN(c2cccc(Cl)c2)C(=O)C1=Cc1ccc(Cl)cc1. The van der Waals surface area contributed by atoms with Crippen molar-refractivity contribution in [3.63, 3.8) is 0 Å². The van der Waals surface area contributed by atoms with Gasteiger partial charge >= 0.3 is 0 Å². The van der Waals surface area contributed by atoms with Gasteiger partial charge in [-0.05, 0) is 48.9 Å². The van der Waals surface area contributed by atoms with Gasteiger partial charge in [-0.25, -0.2) is 0 Å². The second kappa shape index (κ2) is 5.95. The van der Waals surface area contributed by atoms with Crippen LogP contribution in [0.1, 0.15) is 12.5 Å². The summed E-state index contributed by atoms with van der Waals surface area (Å²) in [4.78, 5) is 12.6. The van der Waals surface area contributed by atoms with Crippen LogP contribution in [-0.4, -0.2) is 11.6 Å². The Bertz CT molecular complexity index is 795. The second-order valence-electron chi connectivity index (χ2n) is 4.89. The molecule has 0 atom stereocenters. The molecule has 3 rings (SSSR count). The molecule has 1 aliphatic heterocycles. The molecule has 2 aromatic rings. The monoisotopic (exact) mass is 330 g/mol. The van der Waals surface area contributed by atoms with Gasteiger partial charge in [-0.15, -0.1) is 0 Å². The van der Waals surface area contributed by atoms with E-state index in [0.717, 1.165) is 5.56 Å². The molecule has 110 valence electrons. The fourth-order valence-electron chi connectivity index (χ4n) is 2.19. The summed E-state index contributed by atoms with van der Waals surface area (Å²) in [5.74, 6) is -0.172. The van der Waals surface area contributed by atoms with Crippen molar-refractivity contribution < 1.29 is 4.79 Å². The van der Waals surface area contributed by atoms with E-state index in [4.69, 9.17) is 23.2 Å². The van der Waals surface area contributed by atoms with Crippen LogP contribution in [0.25, 0.3) is 6.08 Å². The first-order valence-electron chi connectivity index (χ1n) is 6.67. The number of hydrazone groups is 1. The molecule has 1 heterocycles. The first kappa shape index (κ1) is 14.8. The predicted octanol–water partition coefficient (Wildman–Crippen LogP) is 4.80. The number of carbonyl (C=O) groups is 1. The van der Waals surface area contributed by atoms with Crippen molar-refractivity contribution in [1.29, 1.82) is 0 Å². The van der Waals surface area contributed by atoms with E-state index in [1.54, 1.807) is 36.4 Å². The standard InChI is InChI=1S/C17H12Cl2N2O/c1-11-16(9-12-5-7-13(18)8-6-12)17(22)21(20-11)15-4-2-3-14(19)10-15/h2-10H,1H3. The molecule has 0 spiro atoms. The lowest BCUT2D eigenvalue weighted by Crippen LogP contribution is -2.21. The van der Waals surface area contributed by atoms with Crippen LogP contribution in [0.2, 0.25) is 10.0 Å². The van der Waals surface area contributed by atoms with Crippen LogP contribution in [0.15, 0.2) is 59.2 Å². The van der Waals surface area contributed by atoms with Gasteiger partial charge in [0.1, 0.15) is 0 Å². The molecular weight excluding hydrogens is 319 g/mol. The zero-order chi connectivity index (χ0) is 15.7. The molecule has 22 heavy (non-hydrogen) atoms. The highest BCUT2D eigenvalue weighted by Crippen LogP contribution is 2.27. The maximum atomic E-state index is 12.6. The van der Waals surface area contributed by atoms with Gasteiger partial charge in [0, 0.05) is 10.0 Å². The molecule has 3 nitrogen and oxygen atoms in total. The molecular formula is C17H12Cl2N2O. The van der Waals surface area contributed by atoms with Crippen molar-refractivity contribution in [1.82, 2.24) is 0 Å². The number of halogens is 2. The summed E-state index contributed by atoms with van der Waals surface area (Å²) in [5, 5.41) is 6.91. The van der Waals surface area contributed by atoms with Crippen molar-refractivity contribution in [2.45, 2.75) is 6.92 Å². The van der Waals surface area contributed by atoms with E-state index in [2.05, 4.69) is 5.10 Å². The normalized spacial score (nSPS) is 16.3. The number of hydrogen-bond acceptors (Lipinski definition) is 2. The molecule has 0 saturated carbocycles. The zero-order valence-corrected chi connectivity index (χ0v) is 13.3. The van der Waals surface area contributed by atoms with E-state index in [9.17, 15) is 4.79 Å². The van der Waals surface area contributed by atoms with E-state index in [1.165, 1.54) is 5.01 Å². The number of nitrogens with zero attached hydrogens (tertiary/aromatic N) is 2. The molecule has 0 unspecified atom stereocenters. The number of anilines is 1. The molecule has 0 N–H and O–H groups in total. The Morgan fingerprint density at radius 1 is 1.05 bits per heavy atom. The number of amides is 1. The summed E-state index contributed by atoms with van der Waals surface area (Å²) < 4.78 is 0. The Balaban J connectivity index is 1.94. The maximum Gasteiger partial charge on any atom is 0.280 e. The van der Waals surface area contributed by atoms with E-state index < -0.39 is 0 Å². The van der Waals surface area contributed by atoms with Crippen molar-refractivity contribution >= 4 is 46.6 Å². The van der Waals surface area contributed by atoms with Crippen LogP contribution >= 0.6 is 23.2 Å². The molecule has 0 aromatic heterocycles. The zero-order valence-electron chi connectivity index (χ0n) is 11.8. The summed E-state index contributed by atoms with van der Waals surface area (Å²) in [6.45, 7) is 1.81. The summed E-state index contributed by atoms with van der Waals surface area (Å²) in [5.41, 5.74) is 2.77. The smallest absolute Gasteiger partial charge is 0.267 e. The molecule has 0 bridgehead atoms. The number of carbonyl (C=O) groups excluding carboxylic acids is 1. The minimum atomic E-state index is -0.172. The Kier molecular flexibility index (Phi) is 4.01. The lowest BCUT2D eigenvalue weighted by atomic mass is 10.1. The third kappa shape index (κ3) is 2.91. The van der Waals surface area contributed by atoms with Gasteiger partial charge < -0.3 is 0 Å². The van der Waals surface area contributed by atoms with E-state index in [1.807, 2.05) is 25.1 Å². The fourth-order valence-corrected chi connectivity index (χ4v) is 2.50. The average Bonchev–Trinajstić information content (AvgIpc) is 2.77. The van der Waals surface area contributed by atoms with Gasteiger partial charge in [-0.2, -0.15) is 10.1 Å². The van der Waals surface area contributed by atoms with Crippen molar-refractivity contribution in [2.75, 3.05) is 5.01 Å². The maximum absolute atomic E-state index is 12.6. The third-order valence-corrected chi connectivity index (χ3v) is 3.78. The van der Waals surface area contributed by atoms with Crippen molar-refractivity contribution in [3.8, 4) is 0 Å². The van der Waals surface area contributed by atoms with Crippen LogP contribution < -0.4 is 5.01 Å². The molecule has 2 aromatic carbocycles. The topological polar surface area (TPSA) is 32.7 Å². The molecule has 0 fully saturated rings. The third-order valence-electron chi connectivity index (χ3n) is 3.30. The van der Waals surface area contributed by atoms with E-state index >= 15 is 0 Å². The van der Waals surface area contributed by atoms with Crippen LogP contribution in [0.4, 0.5) is 5.69 Å². The summed E-state index contributed by atoms with van der Waals surface area (Å²) in [7, 11) is 0. The van der Waals surface area contributed by atoms with Crippen LogP contribution in [-0.2, 0) is 4.79 Å². The van der Waals surface area contributed by atoms with Gasteiger partial charge in [0.05, 0.1) is 17.0 Å². The number of rotatable bonds is 2. The minimum absolute atomic E-state index is 0.172. The van der Waals surface area contributed by atoms with Crippen molar-refractivity contribution in [2.24, 2.45) is 5.10 Å². The Labute approximate surface area is 138 Å². The van der Waals surface area contributed by atoms with Crippen LogP contribution in [0.3, 0.4) is 0 Å². The van der Waals surface area contributed by atoms with E-state index in [-0.39, 0.29) is 5.91 Å². The van der Waals surface area contributed by atoms with Gasteiger partial charge in [0.2, 0.25) is 0 Å². The Morgan fingerprint density at radius 3 is 2.45 bits per heavy atom. The van der Waals surface area contributed by atoms with Gasteiger partial charge in [-0.3, -0.25) is 4.79 Å². The summed E-state index contributed by atoms with van der Waals surface area (Å²) >= 11 is 11.8. The highest BCUT2D eigenvalue weighted by atomic mass is 35.5. The molecule has 0 radical (unpaired) electrons. The van der Waals surface area contributed by atoms with Gasteiger partial charge in [0.15, 0.2) is 0 Å². The molecule has 1 amide bonds. The van der Waals surface area contributed by atoms with Crippen LogP contribution in [0.5, 0.6) is 0 Å². The van der Waals surface area contributed by atoms with Gasteiger partial charge in [-0.1, -0.05) is 41.4 Å². The van der Waals surface area contributed by atoms with Crippen LogP contribution in [0, 0.1) is 0 Å². The van der Waals surface area contributed by atoms with E-state index in [0.29, 0.717) is 27.0 Å². The lowest BCUT2D eigenvalue weighted by molar-refractivity contribution is -0.114. The second-order valence-corrected chi connectivity index (χ2v) is 5.76. The van der Waals surface area contributed by atoms with Crippen molar-refractivity contribution in [3.05, 3.63) is 69.7 Å². The predicted molar refractivity (Wildman–Crippen MR) is 91.5 cm³/mol. The Morgan fingerprint density at radius 2 is 1.77 bits per heavy atom. The Hall–Kier alpha value is -2.10. The number of benzene rings is 2.